The molecule has 0 heterocycles. The molecule has 1 rings (SSSR count). The molecular weight excluding hydrogens is 200 g/mol. The van der Waals surface area contributed by atoms with Crippen molar-refractivity contribution in [2.75, 3.05) is 6.54 Å². The highest BCUT2D eigenvalue weighted by Crippen LogP contribution is 2.21. The number of nitrogens with two attached hydrogens (primary N) is 1. The van der Waals surface area contributed by atoms with Crippen LogP contribution in [0.25, 0.3) is 0 Å². The number of benzene rings is 1. The number of Topliss-reactive ketones (excluding diaryl/α,β-unsaturated/α-hetero) is 1. The predicted molar refractivity (Wildman–Crippen MR) is 44.8 cm³/mol. The van der Waals surface area contributed by atoms with E-state index in [0.717, 1.165) is 12.1 Å². The molecule has 0 spiro atoms. The van der Waals surface area contributed by atoms with Gasteiger partial charge in [-0.15, -0.1) is 0 Å². The van der Waals surface area contributed by atoms with Crippen LogP contribution in [0.1, 0.15) is 10.4 Å². The Hall–Kier alpha value is -1.000. The van der Waals surface area contributed by atoms with Crippen molar-refractivity contribution in [1.29, 1.82) is 0 Å². The average molecular weight is 206 g/mol. The first kappa shape index (κ1) is 10.1. The topological polar surface area (TPSA) is 43.1 Å². The van der Waals surface area contributed by atoms with Crippen LogP contribution in [0.2, 0.25) is 5.02 Å². The molecule has 0 aliphatic heterocycles. The first-order valence-corrected chi connectivity index (χ1v) is 3.82. The van der Waals surface area contributed by atoms with Crippen LogP contribution in [0.15, 0.2) is 12.1 Å². The number of halogens is 3. The van der Waals surface area contributed by atoms with Crippen molar-refractivity contribution < 1.29 is 13.6 Å². The minimum absolute atomic E-state index is 0.283. The zero-order valence-corrected chi connectivity index (χ0v) is 7.24. The normalized spacial score (nSPS) is 10.2. The second-order valence-corrected chi connectivity index (χ2v) is 2.73. The fourth-order valence-electron chi connectivity index (χ4n) is 0.851. The lowest BCUT2D eigenvalue weighted by Gasteiger charge is -2.02. The Morgan fingerprint density at radius 3 is 2.62 bits per heavy atom. The lowest BCUT2D eigenvalue weighted by atomic mass is 10.1. The fourth-order valence-corrected chi connectivity index (χ4v) is 1.02. The second-order valence-electron chi connectivity index (χ2n) is 2.35. The van der Waals surface area contributed by atoms with Gasteiger partial charge in [0.25, 0.3) is 0 Å². The van der Waals surface area contributed by atoms with Crippen molar-refractivity contribution in [2.24, 2.45) is 5.73 Å². The molecule has 0 aliphatic rings. The molecule has 0 unspecified atom stereocenters. The van der Waals surface area contributed by atoms with Crippen molar-refractivity contribution in [2.45, 2.75) is 0 Å². The maximum Gasteiger partial charge on any atom is 0.179 e. The van der Waals surface area contributed by atoms with Crippen LogP contribution >= 0.6 is 11.6 Å². The van der Waals surface area contributed by atoms with Gasteiger partial charge < -0.3 is 5.73 Å². The summed E-state index contributed by atoms with van der Waals surface area (Å²) >= 11 is 5.24. The number of carbonyl (C=O) groups is 1. The molecule has 5 heteroatoms. The Balaban J connectivity index is 3.26. The predicted octanol–water partition coefficient (Wildman–Crippen LogP) is 1.76. The summed E-state index contributed by atoms with van der Waals surface area (Å²) < 4.78 is 25.7. The fraction of sp³-hybridized carbons (Fsp3) is 0.125. The van der Waals surface area contributed by atoms with Gasteiger partial charge in [-0.2, -0.15) is 0 Å². The van der Waals surface area contributed by atoms with E-state index in [2.05, 4.69) is 0 Å². The largest absolute Gasteiger partial charge is 0.324 e. The van der Waals surface area contributed by atoms with Gasteiger partial charge in [0.05, 0.1) is 12.1 Å². The molecule has 0 atom stereocenters. The Morgan fingerprint density at radius 2 is 2.08 bits per heavy atom. The molecule has 0 radical (unpaired) electrons. The highest BCUT2D eigenvalue weighted by Gasteiger charge is 2.15. The highest BCUT2D eigenvalue weighted by molar-refractivity contribution is 6.31. The maximum absolute atomic E-state index is 13.1. The molecule has 0 amide bonds. The van der Waals surface area contributed by atoms with Crippen LogP contribution in [-0.4, -0.2) is 12.3 Å². The minimum atomic E-state index is -1.06. The van der Waals surface area contributed by atoms with Gasteiger partial charge in [-0.3, -0.25) is 4.79 Å². The lowest BCUT2D eigenvalue weighted by Crippen LogP contribution is -2.15. The van der Waals surface area contributed by atoms with Crippen LogP contribution < -0.4 is 5.73 Å². The molecule has 2 nitrogen and oxygen atoms in total. The first-order chi connectivity index (χ1) is 6.07. The van der Waals surface area contributed by atoms with Gasteiger partial charge in [0.1, 0.15) is 10.8 Å². The minimum Gasteiger partial charge on any atom is -0.324 e. The van der Waals surface area contributed by atoms with Crippen LogP contribution in [0.4, 0.5) is 8.78 Å². The van der Waals surface area contributed by atoms with E-state index >= 15 is 0 Å². The number of rotatable bonds is 2. The summed E-state index contributed by atoms with van der Waals surface area (Å²) in [6.07, 6.45) is 0. The summed E-state index contributed by atoms with van der Waals surface area (Å²) in [4.78, 5) is 11.0. The van der Waals surface area contributed by atoms with Crippen LogP contribution in [0, 0.1) is 11.6 Å². The molecule has 0 aromatic heterocycles. The van der Waals surface area contributed by atoms with Gasteiger partial charge in [-0.05, 0) is 12.1 Å². The Kier molecular flexibility index (Phi) is 2.95. The molecular formula is C8H6ClF2NO. The van der Waals surface area contributed by atoms with Crippen molar-refractivity contribution in [3.8, 4) is 0 Å². The molecule has 70 valence electrons. The third-order valence-corrected chi connectivity index (χ3v) is 1.87. The van der Waals surface area contributed by atoms with E-state index in [0.29, 0.717) is 0 Å². The zero-order valence-electron chi connectivity index (χ0n) is 6.48. The molecule has 2 N–H and O–H groups in total. The van der Waals surface area contributed by atoms with Gasteiger partial charge in [0, 0.05) is 0 Å². The number of carbonyl (C=O) groups excluding carboxylic acids is 1. The Morgan fingerprint density at radius 1 is 1.46 bits per heavy atom. The standard InChI is InChI=1S/C8H6ClF2NO/c9-7-5(10)2-1-4(8(7)11)6(13)3-12/h1-2H,3,12H2. The van der Waals surface area contributed by atoms with Gasteiger partial charge in [0.15, 0.2) is 11.6 Å². The van der Waals surface area contributed by atoms with E-state index < -0.39 is 22.4 Å². The Bertz CT molecular complexity index is 354. The highest BCUT2D eigenvalue weighted by atomic mass is 35.5. The van der Waals surface area contributed by atoms with Crippen molar-refractivity contribution in [3.05, 3.63) is 34.4 Å². The van der Waals surface area contributed by atoms with E-state index in [1.807, 2.05) is 0 Å². The summed E-state index contributed by atoms with van der Waals surface area (Å²) in [6, 6.07) is 1.94. The van der Waals surface area contributed by atoms with E-state index in [4.69, 9.17) is 17.3 Å². The maximum atomic E-state index is 13.1. The average Bonchev–Trinajstić information content (AvgIpc) is 2.13. The van der Waals surface area contributed by atoms with Crippen LogP contribution in [-0.2, 0) is 0 Å². The van der Waals surface area contributed by atoms with Crippen LogP contribution in [0.3, 0.4) is 0 Å². The lowest BCUT2D eigenvalue weighted by molar-refractivity contribution is 0.0997. The van der Waals surface area contributed by atoms with Crippen LogP contribution in [0.5, 0.6) is 0 Å². The molecule has 13 heavy (non-hydrogen) atoms. The van der Waals surface area contributed by atoms with Crippen molar-refractivity contribution in [1.82, 2.24) is 0 Å². The summed E-state index contributed by atoms with van der Waals surface area (Å²) in [5, 5.41) is -0.681. The van der Waals surface area contributed by atoms with Gasteiger partial charge in [-0.1, -0.05) is 11.6 Å². The zero-order chi connectivity index (χ0) is 10.0. The van der Waals surface area contributed by atoms with Gasteiger partial charge in [0.2, 0.25) is 0 Å². The summed E-state index contributed by atoms with van der Waals surface area (Å²) in [7, 11) is 0. The SMILES string of the molecule is NCC(=O)c1ccc(F)c(Cl)c1F. The molecule has 0 saturated heterocycles. The van der Waals surface area contributed by atoms with Crippen molar-refractivity contribution >= 4 is 17.4 Å². The Labute approximate surface area is 78.3 Å². The number of hydrogen-bond acceptors (Lipinski definition) is 2. The first-order valence-electron chi connectivity index (χ1n) is 3.44. The van der Waals surface area contributed by atoms with Gasteiger partial charge in [-0.25, -0.2) is 8.78 Å². The van der Waals surface area contributed by atoms with E-state index in [1.165, 1.54) is 0 Å². The summed E-state index contributed by atoms with van der Waals surface area (Å²) in [5.41, 5.74) is 4.72. The van der Waals surface area contributed by atoms with Crippen molar-refractivity contribution in [3.63, 3.8) is 0 Å². The summed E-state index contributed by atoms with van der Waals surface area (Å²) in [6.45, 7) is -0.334. The third-order valence-electron chi connectivity index (χ3n) is 1.52. The number of ketones is 1. The molecule has 0 saturated carbocycles. The smallest absolute Gasteiger partial charge is 0.179 e. The van der Waals surface area contributed by atoms with E-state index in [1.54, 1.807) is 0 Å². The molecule has 0 fully saturated rings. The molecule has 1 aromatic carbocycles. The number of hydrogen-bond donors (Lipinski definition) is 1. The second kappa shape index (κ2) is 3.81. The quantitative estimate of drug-likeness (QED) is 0.591. The monoisotopic (exact) mass is 205 g/mol. The van der Waals surface area contributed by atoms with Gasteiger partial charge >= 0.3 is 0 Å². The van der Waals surface area contributed by atoms with E-state index in [-0.39, 0.29) is 12.1 Å². The van der Waals surface area contributed by atoms with E-state index in [9.17, 15) is 13.6 Å². The molecule has 0 aliphatic carbocycles. The third kappa shape index (κ3) is 1.84. The molecule has 1 aromatic rings. The summed E-state index contributed by atoms with van der Waals surface area (Å²) in [5.74, 6) is -2.57. The molecule has 0 bridgehead atoms.